The van der Waals surface area contributed by atoms with Crippen molar-refractivity contribution in [2.75, 3.05) is 7.11 Å². The van der Waals surface area contributed by atoms with Crippen LogP contribution in [-0.2, 0) is 12.3 Å². The van der Waals surface area contributed by atoms with Crippen LogP contribution in [0.4, 0.5) is 0 Å². The Morgan fingerprint density at radius 3 is 2.95 bits per heavy atom. The average molecular weight is 276 g/mol. The Hall–Kier alpha value is -2.04. The molecule has 0 aliphatic heterocycles. The molecule has 7 heteroatoms. The number of nitrogens with zero attached hydrogens (tertiary/aromatic N) is 3. The van der Waals surface area contributed by atoms with Gasteiger partial charge in [-0.25, -0.2) is 0 Å². The van der Waals surface area contributed by atoms with E-state index in [1.807, 2.05) is 0 Å². The molecule has 2 aromatic rings. The van der Waals surface area contributed by atoms with Gasteiger partial charge in [0.2, 0.25) is 5.89 Å². The van der Waals surface area contributed by atoms with Gasteiger partial charge in [-0.3, -0.25) is 0 Å². The zero-order valence-electron chi connectivity index (χ0n) is 10.3. The molecule has 0 aliphatic rings. The molecule has 0 bridgehead atoms. The minimum absolute atomic E-state index is 0.223. The summed E-state index contributed by atoms with van der Waals surface area (Å²) in [5.41, 5.74) is 6.88. The van der Waals surface area contributed by atoms with E-state index in [1.165, 1.54) is 11.8 Å². The molecule has 0 saturated carbocycles. The second kappa shape index (κ2) is 6.22. The minimum Gasteiger partial charge on any atom is -0.496 e. The molecule has 0 amide bonds. The SMILES string of the molecule is COc1ccc(C#N)cc1CSc1nnc(CN)o1. The number of rotatable bonds is 5. The van der Waals surface area contributed by atoms with Gasteiger partial charge in [0.05, 0.1) is 25.3 Å². The maximum Gasteiger partial charge on any atom is 0.276 e. The number of nitriles is 1. The molecule has 98 valence electrons. The standard InChI is InChI=1S/C12H12N4O2S/c1-17-10-3-2-8(5-13)4-9(10)7-19-12-16-15-11(6-14)18-12/h2-4H,6-7,14H2,1H3. The third-order valence-corrected chi connectivity index (χ3v) is 3.25. The summed E-state index contributed by atoms with van der Waals surface area (Å²) in [7, 11) is 1.59. The van der Waals surface area contributed by atoms with Crippen molar-refractivity contribution in [3.05, 3.63) is 35.2 Å². The van der Waals surface area contributed by atoms with E-state index in [1.54, 1.807) is 25.3 Å². The molecule has 0 saturated heterocycles. The first-order chi connectivity index (χ1) is 9.26. The van der Waals surface area contributed by atoms with Gasteiger partial charge in [0, 0.05) is 11.3 Å². The Morgan fingerprint density at radius 1 is 1.47 bits per heavy atom. The lowest BCUT2D eigenvalue weighted by atomic mass is 10.1. The van der Waals surface area contributed by atoms with Crippen LogP contribution in [0.5, 0.6) is 5.75 Å². The topological polar surface area (TPSA) is 98.0 Å². The lowest BCUT2D eigenvalue weighted by molar-refractivity contribution is 0.410. The van der Waals surface area contributed by atoms with Gasteiger partial charge in [-0.2, -0.15) is 5.26 Å². The number of aromatic nitrogens is 2. The molecule has 1 aromatic carbocycles. The van der Waals surface area contributed by atoms with Gasteiger partial charge in [0.25, 0.3) is 5.22 Å². The van der Waals surface area contributed by atoms with Crippen molar-refractivity contribution >= 4 is 11.8 Å². The molecule has 0 radical (unpaired) electrons. The van der Waals surface area contributed by atoms with Crippen molar-refractivity contribution in [3.63, 3.8) is 0 Å². The van der Waals surface area contributed by atoms with Gasteiger partial charge >= 0.3 is 0 Å². The van der Waals surface area contributed by atoms with Crippen LogP contribution in [0.2, 0.25) is 0 Å². The summed E-state index contributed by atoms with van der Waals surface area (Å²) in [6.45, 7) is 0.223. The summed E-state index contributed by atoms with van der Waals surface area (Å²) in [4.78, 5) is 0. The molecule has 1 aromatic heterocycles. The van der Waals surface area contributed by atoms with Gasteiger partial charge < -0.3 is 14.9 Å². The lowest BCUT2D eigenvalue weighted by Gasteiger charge is -2.07. The highest BCUT2D eigenvalue weighted by atomic mass is 32.2. The molecule has 2 rings (SSSR count). The van der Waals surface area contributed by atoms with Gasteiger partial charge in [-0.05, 0) is 18.2 Å². The van der Waals surface area contributed by atoms with E-state index in [0.717, 1.165) is 11.3 Å². The van der Waals surface area contributed by atoms with Crippen molar-refractivity contribution in [1.82, 2.24) is 10.2 Å². The molecule has 1 heterocycles. The largest absolute Gasteiger partial charge is 0.496 e. The Labute approximate surface area is 114 Å². The van der Waals surface area contributed by atoms with E-state index >= 15 is 0 Å². The second-order valence-corrected chi connectivity index (χ2v) is 4.52. The third kappa shape index (κ3) is 3.24. The Bertz CT molecular complexity index is 606. The zero-order chi connectivity index (χ0) is 13.7. The molecule has 19 heavy (non-hydrogen) atoms. The highest BCUT2D eigenvalue weighted by Gasteiger charge is 2.09. The van der Waals surface area contributed by atoms with Gasteiger partial charge in [0.1, 0.15) is 5.75 Å². The Morgan fingerprint density at radius 2 is 2.32 bits per heavy atom. The summed E-state index contributed by atoms with van der Waals surface area (Å²) >= 11 is 1.37. The summed E-state index contributed by atoms with van der Waals surface area (Å²) < 4.78 is 10.5. The van der Waals surface area contributed by atoms with Crippen molar-refractivity contribution in [1.29, 1.82) is 5.26 Å². The fourth-order valence-corrected chi connectivity index (χ4v) is 2.24. The molecule has 0 unspecified atom stereocenters. The van der Waals surface area contributed by atoms with Crippen LogP contribution in [0.25, 0.3) is 0 Å². The van der Waals surface area contributed by atoms with Gasteiger partial charge in [-0.1, -0.05) is 11.8 Å². The number of hydrogen-bond donors (Lipinski definition) is 1. The van der Waals surface area contributed by atoms with E-state index in [4.69, 9.17) is 20.1 Å². The predicted octanol–water partition coefficient (Wildman–Crippen LogP) is 1.70. The first-order valence-electron chi connectivity index (χ1n) is 5.49. The van der Waals surface area contributed by atoms with Crippen molar-refractivity contribution in [2.45, 2.75) is 17.5 Å². The van der Waals surface area contributed by atoms with Gasteiger partial charge in [0.15, 0.2) is 0 Å². The smallest absolute Gasteiger partial charge is 0.276 e. The first-order valence-corrected chi connectivity index (χ1v) is 6.47. The molecular weight excluding hydrogens is 264 g/mol. The van der Waals surface area contributed by atoms with E-state index in [2.05, 4.69) is 16.3 Å². The molecule has 0 atom stereocenters. The fraction of sp³-hybridized carbons (Fsp3) is 0.250. The number of hydrogen-bond acceptors (Lipinski definition) is 7. The van der Waals surface area contributed by atoms with Crippen LogP contribution in [0.1, 0.15) is 17.0 Å². The summed E-state index contributed by atoms with van der Waals surface area (Å²) in [5, 5.41) is 17.0. The Kier molecular flexibility index (Phi) is 4.39. The quantitative estimate of drug-likeness (QED) is 0.830. The summed E-state index contributed by atoms with van der Waals surface area (Å²) in [5.74, 6) is 1.70. The fourth-order valence-electron chi connectivity index (χ4n) is 1.48. The third-order valence-electron chi connectivity index (χ3n) is 2.38. The number of nitrogens with two attached hydrogens (primary N) is 1. The second-order valence-electron chi connectivity index (χ2n) is 3.59. The number of methoxy groups -OCH3 is 1. The monoisotopic (exact) mass is 276 g/mol. The van der Waals surface area contributed by atoms with Crippen molar-refractivity contribution < 1.29 is 9.15 Å². The molecule has 0 aliphatic carbocycles. The number of thioether (sulfide) groups is 1. The van der Waals surface area contributed by atoms with Crippen LogP contribution in [0.3, 0.4) is 0 Å². The van der Waals surface area contributed by atoms with Crippen molar-refractivity contribution in [2.24, 2.45) is 5.73 Å². The normalized spacial score (nSPS) is 10.2. The van der Waals surface area contributed by atoms with Crippen LogP contribution in [0.15, 0.2) is 27.8 Å². The zero-order valence-corrected chi connectivity index (χ0v) is 11.1. The van der Waals surface area contributed by atoms with E-state index in [9.17, 15) is 0 Å². The Balaban J connectivity index is 2.11. The molecule has 0 spiro atoms. The highest BCUT2D eigenvalue weighted by molar-refractivity contribution is 7.98. The molecule has 0 fully saturated rings. The minimum atomic E-state index is 0.223. The summed E-state index contributed by atoms with van der Waals surface area (Å²) in [6.07, 6.45) is 0. The summed E-state index contributed by atoms with van der Waals surface area (Å²) in [6, 6.07) is 7.37. The average Bonchev–Trinajstić information content (AvgIpc) is 2.92. The van der Waals surface area contributed by atoms with E-state index in [0.29, 0.717) is 22.4 Å². The van der Waals surface area contributed by atoms with Crippen LogP contribution < -0.4 is 10.5 Å². The van der Waals surface area contributed by atoms with E-state index < -0.39 is 0 Å². The number of benzene rings is 1. The van der Waals surface area contributed by atoms with Crippen LogP contribution in [0, 0.1) is 11.3 Å². The first kappa shape index (κ1) is 13.4. The van der Waals surface area contributed by atoms with Crippen LogP contribution >= 0.6 is 11.8 Å². The molecule has 6 nitrogen and oxygen atoms in total. The van der Waals surface area contributed by atoms with Gasteiger partial charge in [-0.15, -0.1) is 10.2 Å². The molecular formula is C12H12N4O2S. The molecule has 2 N–H and O–H groups in total. The van der Waals surface area contributed by atoms with Crippen LogP contribution in [-0.4, -0.2) is 17.3 Å². The van der Waals surface area contributed by atoms with Crippen molar-refractivity contribution in [3.8, 4) is 11.8 Å². The predicted molar refractivity (Wildman–Crippen MR) is 69.5 cm³/mol. The highest BCUT2D eigenvalue weighted by Crippen LogP contribution is 2.28. The maximum atomic E-state index is 8.89. The maximum absolute atomic E-state index is 8.89. The number of ether oxygens (including phenoxy) is 1. The van der Waals surface area contributed by atoms with E-state index in [-0.39, 0.29) is 6.54 Å². The lowest BCUT2D eigenvalue weighted by Crippen LogP contribution is -1.95.